The van der Waals surface area contributed by atoms with Crippen LogP contribution in [0, 0.1) is 5.82 Å². The van der Waals surface area contributed by atoms with Gasteiger partial charge in [-0.25, -0.2) is 4.39 Å². The Morgan fingerprint density at radius 1 is 1.14 bits per heavy atom. The zero-order valence-electron chi connectivity index (χ0n) is 12.0. The predicted molar refractivity (Wildman–Crippen MR) is 83.8 cm³/mol. The van der Waals surface area contributed by atoms with Gasteiger partial charge in [0.2, 0.25) is 0 Å². The number of nitrogens with zero attached hydrogens (tertiary/aromatic N) is 1. The van der Waals surface area contributed by atoms with Crippen molar-refractivity contribution in [1.82, 2.24) is 4.90 Å². The number of aliphatic hydroxyl groups excluding tert-OH is 1. The van der Waals surface area contributed by atoms with Crippen LogP contribution < -0.4 is 0 Å². The first-order valence-corrected chi connectivity index (χ1v) is 7.30. The summed E-state index contributed by atoms with van der Waals surface area (Å²) in [6.45, 7) is 1.35. The summed E-state index contributed by atoms with van der Waals surface area (Å²) in [6, 6.07) is 14.0. The van der Waals surface area contributed by atoms with Gasteiger partial charge < -0.3 is 10.0 Å². The van der Waals surface area contributed by atoms with Gasteiger partial charge in [0.1, 0.15) is 5.82 Å². The van der Waals surface area contributed by atoms with Gasteiger partial charge in [0.15, 0.2) is 0 Å². The molecule has 4 heteroatoms. The topological polar surface area (TPSA) is 23.5 Å². The second kappa shape index (κ2) is 7.55. The van der Waals surface area contributed by atoms with Crippen LogP contribution in [-0.2, 0) is 6.54 Å². The quantitative estimate of drug-likeness (QED) is 0.871. The summed E-state index contributed by atoms with van der Waals surface area (Å²) in [5.74, 6) is -0.362. The first kappa shape index (κ1) is 16.0. The molecule has 0 saturated carbocycles. The molecule has 0 aliphatic heterocycles. The Hall–Kier alpha value is -1.42. The van der Waals surface area contributed by atoms with Crippen LogP contribution in [0.1, 0.15) is 23.7 Å². The van der Waals surface area contributed by atoms with Crippen molar-refractivity contribution in [3.8, 4) is 0 Å². The fourth-order valence-electron chi connectivity index (χ4n) is 2.24. The molecule has 0 amide bonds. The number of hydrogen-bond donors (Lipinski definition) is 1. The van der Waals surface area contributed by atoms with Crippen LogP contribution in [0.2, 0.25) is 5.02 Å². The summed E-state index contributed by atoms with van der Waals surface area (Å²) in [5.41, 5.74) is 1.39. The Morgan fingerprint density at radius 3 is 2.52 bits per heavy atom. The molecule has 0 heterocycles. The zero-order chi connectivity index (χ0) is 15.2. The highest BCUT2D eigenvalue weighted by atomic mass is 35.5. The highest BCUT2D eigenvalue weighted by Gasteiger charge is 2.13. The molecule has 0 spiro atoms. The second-order valence-corrected chi connectivity index (χ2v) is 5.56. The van der Waals surface area contributed by atoms with Crippen molar-refractivity contribution in [3.05, 3.63) is 70.5 Å². The Labute approximate surface area is 129 Å². The molecular weight excluding hydrogens is 289 g/mol. The first-order chi connectivity index (χ1) is 10.1. The Kier molecular flexibility index (Phi) is 5.74. The monoisotopic (exact) mass is 307 g/mol. The maximum absolute atomic E-state index is 13.6. The van der Waals surface area contributed by atoms with E-state index in [0.29, 0.717) is 25.1 Å². The Balaban J connectivity index is 1.88. The summed E-state index contributed by atoms with van der Waals surface area (Å²) >= 11 is 6.12. The molecule has 1 atom stereocenters. The molecule has 0 aromatic heterocycles. The van der Waals surface area contributed by atoms with E-state index in [1.807, 2.05) is 31.3 Å². The lowest BCUT2D eigenvalue weighted by Crippen LogP contribution is -2.21. The normalized spacial score (nSPS) is 12.6. The number of aliphatic hydroxyl groups is 1. The van der Waals surface area contributed by atoms with E-state index in [1.54, 1.807) is 18.2 Å². The van der Waals surface area contributed by atoms with Crippen LogP contribution in [0.15, 0.2) is 48.5 Å². The maximum Gasteiger partial charge on any atom is 0.128 e. The third-order valence-electron chi connectivity index (χ3n) is 3.45. The molecule has 0 aliphatic rings. The Bertz CT molecular complexity index is 591. The minimum Gasteiger partial charge on any atom is -0.388 e. The van der Waals surface area contributed by atoms with Crippen molar-refractivity contribution in [2.75, 3.05) is 13.6 Å². The van der Waals surface area contributed by atoms with E-state index in [1.165, 1.54) is 6.07 Å². The molecule has 2 nitrogen and oxygen atoms in total. The lowest BCUT2D eigenvalue weighted by Gasteiger charge is -2.20. The fourth-order valence-corrected chi connectivity index (χ4v) is 2.44. The van der Waals surface area contributed by atoms with Crippen LogP contribution in [0.4, 0.5) is 4.39 Å². The van der Waals surface area contributed by atoms with Crippen molar-refractivity contribution in [1.29, 1.82) is 0 Å². The van der Waals surface area contributed by atoms with Crippen LogP contribution in [0.3, 0.4) is 0 Å². The first-order valence-electron chi connectivity index (χ1n) is 6.92. The molecule has 0 saturated heterocycles. The van der Waals surface area contributed by atoms with Gasteiger partial charge in [-0.1, -0.05) is 48.0 Å². The number of benzene rings is 2. The number of halogens is 2. The zero-order valence-corrected chi connectivity index (χ0v) is 12.7. The highest BCUT2D eigenvalue weighted by Crippen LogP contribution is 2.21. The van der Waals surface area contributed by atoms with E-state index in [0.717, 1.165) is 10.6 Å². The van der Waals surface area contributed by atoms with Gasteiger partial charge in [-0.05, 0) is 31.2 Å². The van der Waals surface area contributed by atoms with Crippen LogP contribution in [0.5, 0.6) is 0 Å². The van der Waals surface area contributed by atoms with E-state index < -0.39 is 6.10 Å². The smallest absolute Gasteiger partial charge is 0.128 e. The van der Waals surface area contributed by atoms with Crippen LogP contribution in [0.25, 0.3) is 0 Å². The third-order valence-corrected chi connectivity index (χ3v) is 3.82. The average Bonchev–Trinajstić information content (AvgIpc) is 2.48. The standard InChI is InChI=1S/C17H19ClFNO/c1-20(12-13-6-2-4-8-15(13)18)11-10-17(21)14-7-3-5-9-16(14)19/h2-9,17,21H,10-12H2,1H3. The van der Waals surface area contributed by atoms with E-state index >= 15 is 0 Å². The second-order valence-electron chi connectivity index (χ2n) is 5.16. The third kappa shape index (κ3) is 4.53. The van der Waals surface area contributed by atoms with Crippen molar-refractivity contribution in [2.45, 2.75) is 19.1 Å². The average molecular weight is 308 g/mol. The molecule has 2 aromatic carbocycles. The molecule has 1 N–H and O–H groups in total. The minimum atomic E-state index is -0.792. The van der Waals surface area contributed by atoms with Gasteiger partial charge in [0, 0.05) is 23.7 Å². The summed E-state index contributed by atoms with van der Waals surface area (Å²) in [4.78, 5) is 2.06. The molecule has 1 unspecified atom stereocenters. The highest BCUT2D eigenvalue weighted by molar-refractivity contribution is 6.31. The van der Waals surface area contributed by atoms with Crippen molar-refractivity contribution in [3.63, 3.8) is 0 Å². The maximum atomic E-state index is 13.6. The predicted octanol–water partition coefficient (Wildman–Crippen LogP) is 4.03. The molecule has 112 valence electrons. The molecule has 0 radical (unpaired) electrons. The number of rotatable bonds is 6. The lowest BCUT2D eigenvalue weighted by atomic mass is 10.1. The van der Waals surface area contributed by atoms with Gasteiger partial charge in [0.25, 0.3) is 0 Å². The molecule has 0 aliphatic carbocycles. The van der Waals surface area contributed by atoms with Gasteiger partial charge in [0.05, 0.1) is 6.10 Å². The Morgan fingerprint density at radius 2 is 1.81 bits per heavy atom. The van der Waals surface area contributed by atoms with Gasteiger partial charge in [-0.2, -0.15) is 0 Å². The largest absolute Gasteiger partial charge is 0.388 e. The van der Waals surface area contributed by atoms with E-state index in [9.17, 15) is 9.50 Å². The summed E-state index contributed by atoms with van der Waals surface area (Å²) < 4.78 is 13.6. The lowest BCUT2D eigenvalue weighted by molar-refractivity contribution is 0.144. The van der Waals surface area contributed by atoms with E-state index in [-0.39, 0.29) is 5.82 Å². The van der Waals surface area contributed by atoms with Crippen LogP contribution in [-0.4, -0.2) is 23.6 Å². The number of hydrogen-bond acceptors (Lipinski definition) is 2. The van der Waals surface area contributed by atoms with E-state index in [2.05, 4.69) is 4.90 Å². The molecule has 0 fully saturated rings. The van der Waals surface area contributed by atoms with Gasteiger partial charge in [-0.3, -0.25) is 0 Å². The summed E-state index contributed by atoms with van der Waals surface area (Å²) in [6.07, 6.45) is -0.318. The molecule has 0 bridgehead atoms. The van der Waals surface area contributed by atoms with Crippen LogP contribution >= 0.6 is 11.6 Å². The van der Waals surface area contributed by atoms with Gasteiger partial charge in [-0.15, -0.1) is 0 Å². The summed E-state index contributed by atoms with van der Waals surface area (Å²) in [7, 11) is 1.96. The molecule has 21 heavy (non-hydrogen) atoms. The van der Waals surface area contributed by atoms with E-state index in [4.69, 9.17) is 11.6 Å². The fraction of sp³-hybridized carbons (Fsp3) is 0.294. The molecule has 2 aromatic rings. The van der Waals surface area contributed by atoms with Crippen molar-refractivity contribution < 1.29 is 9.50 Å². The molecular formula is C17H19ClFNO. The van der Waals surface area contributed by atoms with Gasteiger partial charge >= 0.3 is 0 Å². The summed E-state index contributed by atoms with van der Waals surface area (Å²) in [5, 5.41) is 10.8. The van der Waals surface area contributed by atoms with Crippen molar-refractivity contribution >= 4 is 11.6 Å². The minimum absolute atomic E-state index is 0.351. The molecule has 2 rings (SSSR count). The van der Waals surface area contributed by atoms with Crippen molar-refractivity contribution in [2.24, 2.45) is 0 Å². The SMILES string of the molecule is CN(CCC(O)c1ccccc1F)Cc1ccccc1Cl.